The van der Waals surface area contributed by atoms with E-state index >= 15 is 0 Å². The molecule has 0 spiro atoms. The SMILES string of the molecule is CC(C)(COc1ccc(-c2cnco2)cc1)NC[C@H](O)c1ccc(Cl)nc1. The van der Waals surface area contributed by atoms with Gasteiger partial charge in [0.25, 0.3) is 0 Å². The maximum Gasteiger partial charge on any atom is 0.181 e. The summed E-state index contributed by atoms with van der Waals surface area (Å²) >= 11 is 5.77. The van der Waals surface area contributed by atoms with Gasteiger partial charge in [-0.25, -0.2) is 9.97 Å². The second kappa shape index (κ2) is 8.52. The van der Waals surface area contributed by atoms with E-state index in [1.54, 1.807) is 24.5 Å². The number of aromatic nitrogens is 2. The molecule has 0 aliphatic carbocycles. The van der Waals surface area contributed by atoms with Crippen LogP contribution in [-0.2, 0) is 0 Å². The Hall–Kier alpha value is -2.41. The molecule has 7 heteroatoms. The van der Waals surface area contributed by atoms with E-state index in [1.165, 1.54) is 6.39 Å². The van der Waals surface area contributed by atoms with Crippen LogP contribution in [0.1, 0.15) is 25.5 Å². The number of hydrogen-bond donors (Lipinski definition) is 2. The van der Waals surface area contributed by atoms with Crippen LogP contribution in [0, 0.1) is 0 Å². The fourth-order valence-electron chi connectivity index (χ4n) is 2.46. The maximum atomic E-state index is 10.3. The summed E-state index contributed by atoms with van der Waals surface area (Å²) in [6.45, 7) is 4.86. The number of hydrogen-bond acceptors (Lipinski definition) is 6. The summed E-state index contributed by atoms with van der Waals surface area (Å²) in [6, 6.07) is 11.1. The fraction of sp³-hybridized carbons (Fsp3) is 0.300. The van der Waals surface area contributed by atoms with Crippen molar-refractivity contribution in [1.82, 2.24) is 15.3 Å². The normalized spacial score (nSPS) is 12.7. The van der Waals surface area contributed by atoms with Crippen LogP contribution in [-0.4, -0.2) is 33.8 Å². The number of benzene rings is 1. The van der Waals surface area contributed by atoms with Crippen LogP contribution in [0.5, 0.6) is 5.75 Å². The lowest BCUT2D eigenvalue weighted by molar-refractivity contribution is 0.142. The molecule has 3 rings (SSSR count). The highest BCUT2D eigenvalue weighted by Crippen LogP contribution is 2.22. The van der Waals surface area contributed by atoms with Crippen LogP contribution in [0.4, 0.5) is 0 Å². The summed E-state index contributed by atoms with van der Waals surface area (Å²) in [5.74, 6) is 1.48. The monoisotopic (exact) mass is 387 g/mol. The zero-order valence-electron chi connectivity index (χ0n) is 15.2. The van der Waals surface area contributed by atoms with E-state index in [2.05, 4.69) is 15.3 Å². The zero-order valence-corrected chi connectivity index (χ0v) is 16.0. The minimum absolute atomic E-state index is 0.329. The molecule has 0 amide bonds. The summed E-state index contributed by atoms with van der Waals surface area (Å²) < 4.78 is 11.2. The minimum atomic E-state index is -0.671. The molecule has 6 nitrogen and oxygen atoms in total. The molecule has 142 valence electrons. The standard InChI is InChI=1S/C20H22ClN3O3/c1-20(2,24-10-17(25)15-5-8-19(21)23-9-15)12-26-16-6-3-14(4-7-16)18-11-22-13-27-18/h3-9,11,13,17,24-25H,10,12H2,1-2H3/t17-/m0/s1. The molecular formula is C20H22ClN3O3. The summed E-state index contributed by atoms with van der Waals surface area (Å²) in [7, 11) is 0. The molecule has 0 saturated heterocycles. The van der Waals surface area contributed by atoms with Crippen LogP contribution < -0.4 is 10.1 Å². The van der Waals surface area contributed by atoms with E-state index in [-0.39, 0.29) is 5.54 Å². The summed E-state index contributed by atoms with van der Waals surface area (Å²) in [4.78, 5) is 7.90. The quantitative estimate of drug-likeness (QED) is 0.571. The second-order valence-corrected chi connectivity index (χ2v) is 7.26. The Balaban J connectivity index is 1.49. The third kappa shape index (κ3) is 5.53. The van der Waals surface area contributed by atoms with Gasteiger partial charge in [-0.2, -0.15) is 0 Å². The smallest absolute Gasteiger partial charge is 0.181 e. The first-order chi connectivity index (χ1) is 12.9. The Bertz CT molecular complexity index is 834. The molecule has 2 N–H and O–H groups in total. The van der Waals surface area contributed by atoms with Gasteiger partial charge in [0.2, 0.25) is 0 Å². The minimum Gasteiger partial charge on any atom is -0.492 e. The summed E-state index contributed by atoms with van der Waals surface area (Å²) in [5, 5.41) is 14.0. The molecule has 0 radical (unpaired) electrons. The number of aliphatic hydroxyl groups is 1. The fourth-order valence-corrected chi connectivity index (χ4v) is 2.58. The van der Waals surface area contributed by atoms with Gasteiger partial charge < -0.3 is 19.6 Å². The molecule has 0 unspecified atom stereocenters. The summed E-state index contributed by atoms with van der Waals surface area (Å²) in [6.07, 6.45) is 3.98. The third-order valence-electron chi connectivity index (χ3n) is 4.08. The number of aliphatic hydroxyl groups excluding tert-OH is 1. The van der Waals surface area contributed by atoms with E-state index in [4.69, 9.17) is 20.8 Å². The van der Waals surface area contributed by atoms with Crippen molar-refractivity contribution in [3.8, 4) is 17.1 Å². The number of halogens is 1. The van der Waals surface area contributed by atoms with Crippen molar-refractivity contribution in [3.63, 3.8) is 0 Å². The van der Waals surface area contributed by atoms with Crippen molar-refractivity contribution >= 4 is 11.6 Å². The Labute approximate surface area is 163 Å². The molecule has 1 aromatic carbocycles. The molecule has 3 aromatic rings. The topological polar surface area (TPSA) is 80.4 Å². The van der Waals surface area contributed by atoms with Crippen molar-refractivity contribution < 1.29 is 14.3 Å². The first-order valence-corrected chi connectivity index (χ1v) is 8.97. The molecule has 27 heavy (non-hydrogen) atoms. The Morgan fingerprint density at radius 3 is 2.59 bits per heavy atom. The Morgan fingerprint density at radius 1 is 1.19 bits per heavy atom. The second-order valence-electron chi connectivity index (χ2n) is 6.87. The van der Waals surface area contributed by atoms with E-state index in [1.807, 2.05) is 38.1 Å². The third-order valence-corrected chi connectivity index (χ3v) is 4.30. The van der Waals surface area contributed by atoms with Crippen molar-refractivity contribution in [1.29, 1.82) is 0 Å². The van der Waals surface area contributed by atoms with Gasteiger partial charge in [-0.05, 0) is 44.2 Å². The number of rotatable bonds is 8. The first kappa shape index (κ1) is 19.4. The van der Waals surface area contributed by atoms with Crippen molar-refractivity contribution in [2.45, 2.75) is 25.5 Å². The molecule has 1 atom stereocenters. The van der Waals surface area contributed by atoms with E-state index in [0.717, 1.165) is 11.3 Å². The average Bonchev–Trinajstić information content (AvgIpc) is 3.20. The molecule has 0 saturated carbocycles. The lowest BCUT2D eigenvalue weighted by Crippen LogP contribution is -2.46. The highest BCUT2D eigenvalue weighted by Gasteiger charge is 2.20. The number of β-amino-alcohol motifs (C(OH)–C–C–N with tert-alkyl or cyclic N) is 1. The van der Waals surface area contributed by atoms with Gasteiger partial charge in [0, 0.05) is 29.4 Å². The van der Waals surface area contributed by atoms with Gasteiger partial charge in [0.05, 0.1) is 12.3 Å². The number of ether oxygens (including phenoxy) is 1. The first-order valence-electron chi connectivity index (χ1n) is 8.59. The highest BCUT2D eigenvalue weighted by molar-refractivity contribution is 6.29. The predicted octanol–water partition coefficient (Wildman–Crippen LogP) is 3.87. The van der Waals surface area contributed by atoms with Gasteiger partial charge in [0.15, 0.2) is 12.2 Å². The Morgan fingerprint density at radius 2 is 1.96 bits per heavy atom. The van der Waals surface area contributed by atoms with Gasteiger partial charge in [-0.3, -0.25) is 0 Å². The van der Waals surface area contributed by atoms with Crippen molar-refractivity contribution in [2.24, 2.45) is 0 Å². The van der Waals surface area contributed by atoms with E-state index in [0.29, 0.717) is 29.6 Å². The van der Waals surface area contributed by atoms with Crippen molar-refractivity contribution in [2.75, 3.05) is 13.2 Å². The maximum absolute atomic E-state index is 10.3. The van der Waals surface area contributed by atoms with Gasteiger partial charge in [0.1, 0.15) is 17.5 Å². The molecular weight excluding hydrogens is 366 g/mol. The molecule has 0 bridgehead atoms. The Kier molecular flexibility index (Phi) is 6.11. The lowest BCUT2D eigenvalue weighted by atomic mass is 10.1. The van der Waals surface area contributed by atoms with Gasteiger partial charge >= 0.3 is 0 Å². The predicted molar refractivity (Wildman–Crippen MR) is 104 cm³/mol. The average molecular weight is 388 g/mol. The van der Waals surface area contributed by atoms with Crippen molar-refractivity contribution in [3.05, 3.63) is 65.9 Å². The van der Waals surface area contributed by atoms with Crippen LogP contribution in [0.3, 0.4) is 0 Å². The van der Waals surface area contributed by atoms with Crippen LogP contribution in [0.2, 0.25) is 5.15 Å². The number of oxazole rings is 1. The lowest BCUT2D eigenvalue weighted by Gasteiger charge is -2.28. The molecule has 2 heterocycles. The van der Waals surface area contributed by atoms with Crippen LogP contribution in [0.15, 0.2) is 59.6 Å². The molecule has 0 aliphatic rings. The van der Waals surface area contributed by atoms with Crippen LogP contribution in [0.25, 0.3) is 11.3 Å². The number of pyridine rings is 1. The largest absolute Gasteiger partial charge is 0.492 e. The molecule has 2 aromatic heterocycles. The number of nitrogens with one attached hydrogen (secondary N) is 1. The zero-order chi connectivity index (χ0) is 19.3. The molecule has 0 fully saturated rings. The highest BCUT2D eigenvalue weighted by atomic mass is 35.5. The summed E-state index contributed by atoms with van der Waals surface area (Å²) in [5.41, 5.74) is 1.33. The van der Waals surface area contributed by atoms with E-state index in [9.17, 15) is 5.11 Å². The van der Waals surface area contributed by atoms with E-state index < -0.39 is 6.10 Å². The van der Waals surface area contributed by atoms with Gasteiger partial charge in [-0.1, -0.05) is 17.7 Å². The number of nitrogens with zero attached hydrogens (tertiary/aromatic N) is 2. The molecule has 0 aliphatic heterocycles. The van der Waals surface area contributed by atoms with Gasteiger partial charge in [-0.15, -0.1) is 0 Å². The van der Waals surface area contributed by atoms with Crippen LogP contribution >= 0.6 is 11.6 Å².